The first-order valence-corrected chi connectivity index (χ1v) is 6.49. The molecule has 106 valence electrons. The fraction of sp³-hybridized carbons (Fsp3) is 0.571. The molecule has 5 nitrogen and oxygen atoms in total. The Bertz CT molecular complexity index is 408. The lowest BCUT2D eigenvalue weighted by molar-refractivity contribution is 0.323. The average Bonchev–Trinajstić information content (AvgIpc) is 3.27. The molecule has 1 fully saturated rings. The van der Waals surface area contributed by atoms with Crippen LogP contribution in [0.3, 0.4) is 0 Å². The molecule has 1 aliphatic carbocycles. The van der Waals surface area contributed by atoms with Gasteiger partial charge in [0.05, 0.1) is 21.3 Å². The van der Waals surface area contributed by atoms with Gasteiger partial charge in [-0.1, -0.05) is 0 Å². The van der Waals surface area contributed by atoms with Crippen molar-refractivity contribution in [3.63, 3.8) is 0 Å². The van der Waals surface area contributed by atoms with Crippen LogP contribution in [0.5, 0.6) is 17.2 Å². The maximum atomic E-state index is 5.86. The van der Waals surface area contributed by atoms with Crippen LogP contribution in [0, 0.1) is 0 Å². The Balaban J connectivity index is 2.32. The molecule has 2 rings (SSSR count). The fourth-order valence-corrected chi connectivity index (χ4v) is 2.14. The molecule has 1 aliphatic rings. The van der Waals surface area contributed by atoms with Crippen molar-refractivity contribution in [2.24, 2.45) is 5.73 Å². The van der Waals surface area contributed by atoms with Crippen molar-refractivity contribution in [1.82, 2.24) is 5.32 Å². The van der Waals surface area contributed by atoms with Crippen LogP contribution in [0.15, 0.2) is 12.1 Å². The summed E-state index contributed by atoms with van der Waals surface area (Å²) in [6, 6.07) is 4.61. The monoisotopic (exact) mass is 266 g/mol. The molecule has 1 aromatic rings. The van der Waals surface area contributed by atoms with Gasteiger partial charge in [-0.3, -0.25) is 0 Å². The van der Waals surface area contributed by atoms with Gasteiger partial charge in [-0.05, 0) is 30.5 Å². The van der Waals surface area contributed by atoms with E-state index >= 15 is 0 Å². The number of hydrogen-bond acceptors (Lipinski definition) is 5. The predicted molar refractivity (Wildman–Crippen MR) is 74.1 cm³/mol. The molecule has 0 spiro atoms. The molecule has 3 N–H and O–H groups in total. The van der Waals surface area contributed by atoms with Crippen LogP contribution in [-0.4, -0.2) is 33.9 Å². The summed E-state index contributed by atoms with van der Waals surface area (Å²) in [5.74, 6) is 1.93. The van der Waals surface area contributed by atoms with Crippen LogP contribution in [0.1, 0.15) is 24.4 Å². The second-order valence-corrected chi connectivity index (χ2v) is 4.69. The molecule has 1 aromatic carbocycles. The Hall–Kier alpha value is -1.46. The number of ether oxygens (including phenoxy) is 3. The zero-order chi connectivity index (χ0) is 13.8. The zero-order valence-corrected chi connectivity index (χ0v) is 11.7. The van der Waals surface area contributed by atoms with Gasteiger partial charge in [0.25, 0.3) is 0 Å². The Morgan fingerprint density at radius 2 is 1.74 bits per heavy atom. The molecular weight excluding hydrogens is 244 g/mol. The van der Waals surface area contributed by atoms with Crippen LogP contribution < -0.4 is 25.3 Å². The summed E-state index contributed by atoms with van der Waals surface area (Å²) in [7, 11) is 4.84. The first-order chi connectivity index (χ1) is 9.23. The van der Waals surface area contributed by atoms with Crippen LogP contribution in [0.2, 0.25) is 0 Å². The molecule has 0 aromatic heterocycles. The Kier molecular flexibility index (Phi) is 4.50. The van der Waals surface area contributed by atoms with Crippen molar-refractivity contribution in [2.75, 3.05) is 27.9 Å². The van der Waals surface area contributed by atoms with E-state index < -0.39 is 0 Å². The quantitative estimate of drug-likeness (QED) is 0.782. The standard InChI is InChI=1S/C14H22N2O3/c1-17-12-6-9(7-13(18-2)14(12)19-3)11(8-15)16-10-4-5-10/h6-7,10-11,16H,4-5,8,15H2,1-3H3. The Morgan fingerprint density at radius 3 is 2.11 bits per heavy atom. The molecule has 0 heterocycles. The highest BCUT2D eigenvalue weighted by Gasteiger charge is 2.26. The molecule has 0 amide bonds. The second kappa shape index (κ2) is 6.12. The van der Waals surface area contributed by atoms with Gasteiger partial charge < -0.3 is 25.3 Å². The third kappa shape index (κ3) is 3.11. The van der Waals surface area contributed by atoms with Gasteiger partial charge in [-0.2, -0.15) is 0 Å². The third-order valence-electron chi connectivity index (χ3n) is 3.34. The number of hydrogen-bond donors (Lipinski definition) is 2. The Labute approximate surface area is 114 Å². The predicted octanol–water partition coefficient (Wildman–Crippen LogP) is 1.46. The largest absolute Gasteiger partial charge is 0.493 e. The van der Waals surface area contributed by atoms with Gasteiger partial charge in [-0.15, -0.1) is 0 Å². The summed E-state index contributed by atoms with van der Waals surface area (Å²) in [6.45, 7) is 0.537. The minimum atomic E-state index is 0.112. The molecule has 0 radical (unpaired) electrons. The van der Waals surface area contributed by atoms with Crippen molar-refractivity contribution < 1.29 is 14.2 Å². The highest BCUT2D eigenvalue weighted by Crippen LogP contribution is 2.40. The topological polar surface area (TPSA) is 65.7 Å². The smallest absolute Gasteiger partial charge is 0.203 e. The molecule has 1 unspecified atom stereocenters. The maximum absolute atomic E-state index is 5.86. The molecule has 0 aliphatic heterocycles. The fourth-order valence-electron chi connectivity index (χ4n) is 2.14. The van der Waals surface area contributed by atoms with Gasteiger partial charge in [0.1, 0.15) is 0 Å². The van der Waals surface area contributed by atoms with Crippen LogP contribution in [-0.2, 0) is 0 Å². The second-order valence-electron chi connectivity index (χ2n) is 4.69. The lowest BCUT2D eigenvalue weighted by Gasteiger charge is -2.20. The number of nitrogens with two attached hydrogens (primary N) is 1. The van der Waals surface area contributed by atoms with Gasteiger partial charge in [0, 0.05) is 18.6 Å². The van der Waals surface area contributed by atoms with Crippen LogP contribution in [0.4, 0.5) is 0 Å². The summed E-state index contributed by atoms with van der Waals surface area (Å²) < 4.78 is 16.0. The van der Waals surface area contributed by atoms with Gasteiger partial charge in [0.2, 0.25) is 5.75 Å². The normalized spacial score (nSPS) is 16.0. The number of rotatable bonds is 7. The van der Waals surface area contributed by atoms with Crippen molar-refractivity contribution in [2.45, 2.75) is 24.9 Å². The summed E-state index contributed by atoms with van der Waals surface area (Å²) in [6.07, 6.45) is 2.45. The van der Waals surface area contributed by atoms with E-state index in [4.69, 9.17) is 19.9 Å². The van der Waals surface area contributed by atoms with Crippen molar-refractivity contribution in [3.8, 4) is 17.2 Å². The summed E-state index contributed by atoms with van der Waals surface area (Å²) in [4.78, 5) is 0. The van der Waals surface area contributed by atoms with E-state index in [1.165, 1.54) is 12.8 Å². The summed E-state index contributed by atoms with van der Waals surface area (Å²) in [5, 5.41) is 3.52. The summed E-state index contributed by atoms with van der Waals surface area (Å²) in [5.41, 5.74) is 6.92. The minimum absolute atomic E-state index is 0.112. The summed E-state index contributed by atoms with van der Waals surface area (Å²) >= 11 is 0. The number of methoxy groups -OCH3 is 3. The molecule has 19 heavy (non-hydrogen) atoms. The molecular formula is C14H22N2O3. The molecule has 1 saturated carbocycles. The van der Waals surface area contributed by atoms with Gasteiger partial charge in [0.15, 0.2) is 11.5 Å². The maximum Gasteiger partial charge on any atom is 0.203 e. The van der Waals surface area contributed by atoms with Crippen molar-refractivity contribution in [3.05, 3.63) is 17.7 Å². The minimum Gasteiger partial charge on any atom is -0.493 e. The molecule has 0 bridgehead atoms. The van der Waals surface area contributed by atoms with E-state index in [1.807, 2.05) is 12.1 Å². The molecule has 0 saturated heterocycles. The van der Waals surface area contributed by atoms with Crippen LogP contribution in [0.25, 0.3) is 0 Å². The van der Waals surface area contributed by atoms with E-state index in [9.17, 15) is 0 Å². The number of benzene rings is 1. The van der Waals surface area contributed by atoms with E-state index in [0.29, 0.717) is 29.8 Å². The van der Waals surface area contributed by atoms with Crippen LogP contribution >= 0.6 is 0 Å². The highest BCUT2D eigenvalue weighted by atomic mass is 16.5. The molecule has 5 heteroatoms. The number of nitrogens with one attached hydrogen (secondary N) is 1. The SMILES string of the molecule is COc1cc(C(CN)NC2CC2)cc(OC)c1OC. The lowest BCUT2D eigenvalue weighted by atomic mass is 10.1. The Morgan fingerprint density at radius 1 is 1.16 bits per heavy atom. The first-order valence-electron chi connectivity index (χ1n) is 6.49. The van der Waals surface area contributed by atoms with E-state index in [0.717, 1.165) is 5.56 Å². The van der Waals surface area contributed by atoms with Crippen molar-refractivity contribution in [1.29, 1.82) is 0 Å². The first kappa shape index (κ1) is 14.0. The average molecular weight is 266 g/mol. The molecule has 1 atom stereocenters. The van der Waals surface area contributed by atoms with Crippen molar-refractivity contribution >= 4 is 0 Å². The van der Waals surface area contributed by atoms with E-state index in [2.05, 4.69) is 5.32 Å². The van der Waals surface area contributed by atoms with E-state index in [1.54, 1.807) is 21.3 Å². The van der Waals surface area contributed by atoms with Gasteiger partial charge in [-0.25, -0.2) is 0 Å². The highest BCUT2D eigenvalue weighted by molar-refractivity contribution is 5.54. The van der Waals surface area contributed by atoms with E-state index in [-0.39, 0.29) is 6.04 Å². The lowest BCUT2D eigenvalue weighted by Crippen LogP contribution is -2.29. The third-order valence-corrected chi connectivity index (χ3v) is 3.34. The van der Waals surface area contributed by atoms with Gasteiger partial charge >= 0.3 is 0 Å². The zero-order valence-electron chi connectivity index (χ0n) is 11.7.